The van der Waals surface area contributed by atoms with Crippen LogP contribution in [0, 0.1) is 6.08 Å². The molecule has 5 heterocycles. The lowest BCUT2D eigenvalue weighted by Gasteiger charge is -2.06. The van der Waals surface area contributed by atoms with E-state index in [1.807, 2.05) is 12.1 Å². The Kier molecular flexibility index (Phi) is 4.78. The van der Waals surface area contributed by atoms with Gasteiger partial charge >= 0.3 is 6.08 Å². The summed E-state index contributed by atoms with van der Waals surface area (Å²) in [5.74, 6) is 0.381. The number of imidazole rings is 2. The minimum absolute atomic E-state index is 0.381. The van der Waals surface area contributed by atoms with Gasteiger partial charge in [0.05, 0.1) is 18.9 Å². The number of hydrogen-bond acceptors (Lipinski definition) is 8. The molecule has 0 atom stereocenters. The lowest BCUT2D eigenvalue weighted by molar-refractivity contribution is 0.543. The van der Waals surface area contributed by atoms with Crippen molar-refractivity contribution in [2.45, 2.75) is 6.54 Å². The van der Waals surface area contributed by atoms with Crippen LogP contribution < -0.4 is 5.32 Å². The van der Waals surface area contributed by atoms with Gasteiger partial charge in [-0.2, -0.15) is 14.4 Å². The highest BCUT2D eigenvalue weighted by atomic mass is 19.1. The van der Waals surface area contributed by atoms with Crippen molar-refractivity contribution in [3.8, 4) is 0 Å². The number of halogens is 1. The maximum Gasteiger partial charge on any atom is 0.312 e. The molecule has 0 aliphatic rings. The molecule has 0 aliphatic carbocycles. The molecule has 0 spiro atoms. The fourth-order valence-electron chi connectivity index (χ4n) is 2.48. The van der Waals surface area contributed by atoms with Crippen molar-refractivity contribution in [1.29, 1.82) is 0 Å². The third-order valence-electron chi connectivity index (χ3n) is 3.81. The second-order valence-corrected chi connectivity index (χ2v) is 5.74. The van der Waals surface area contributed by atoms with E-state index in [1.165, 1.54) is 6.33 Å². The fraction of sp³-hybridized carbons (Fsp3) is 0.118. The Hall–Kier alpha value is -4.02. The summed E-state index contributed by atoms with van der Waals surface area (Å²) in [7, 11) is 1.76. The van der Waals surface area contributed by atoms with Crippen molar-refractivity contribution >= 4 is 28.1 Å². The van der Waals surface area contributed by atoms with E-state index < -0.39 is 6.08 Å². The number of pyridine rings is 1. The van der Waals surface area contributed by atoms with Crippen molar-refractivity contribution in [3.05, 3.63) is 61.3 Å². The lowest BCUT2D eigenvalue weighted by Crippen LogP contribution is -2.05. The van der Waals surface area contributed by atoms with Crippen molar-refractivity contribution in [3.63, 3.8) is 0 Å². The fourth-order valence-corrected chi connectivity index (χ4v) is 2.48. The first kappa shape index (κ1) is 17.4. The Labute approximate surface area is 158 Å². The lowest BCUT2D eigenvalue weighted by atomic mass is 10.3. The Morgan fingerprint density at radius 3 is 2.89 bits per heavy atom. The Bertz CT molecular complexity index is 1170. The number of nitrogens with zero attached hydrogens (tertiary/aromatic N) is 8. The van der Waals surface area contributed by atoms with Crippen LogP contribution in [-0.4, -0.2) is 44.4 Å². The zero-order valence-corrected chi connectivity index (χ0v) is 14.8. The minimum Gasteiger partial charge on any atom is -0.364 e. The molecule has 0 radical (unpaired) electrons. The molecular formula is C17H15FN10. The first-order chi connectivity index (χ1) is 13.7. The molecule has 5 aromatic heterocycles. The molecule has 5 aromatic rings. The predicted octanol–water partition coefficient (Wildman–Crippen LogP) is 1.86. The smallest absolute Gasteiger partial charge is 0.312 e. The van der Waals surface area contributed by atoms with E-state index in [1.54, 1.807) is 42.9 Å². The molecule has 11 heteroatoms. The molecule has 5 rings (SSSR count). The van der Waals surface area contributed by atoms with Crippen molar-refractivity contribution in [2.75, 3.05) is 5.32 Å². The first-order valence-corrected chi connectivity index (χ1v) is 8.27. The van der Waals surface area contributed by atoms with Gasteiger partial charge in [0.15, 0.2) is 22.6 Å². The predicted molar refractivity (Wildman–Crippen MR) is 99.5 cm³/mol. The number of anilines is 1. The van der Waals surface area contributed by atoms with Crippen LogP contribution in [-0.2, 0) is 13.6 Å². The van der Waals surface area contributed by atoms with E-state index >= 15 is 0 Å². The van der Waals surface area contributed by atoms with Crippen LogP contribution in [0.25, 0.3) is 22.3 Å². The molecule has 0 fully saturated rings. The van der Waals surface area contributed by atoms with Crippen molar-refractivity contribution in [2.24, 2.45) is 7.05 Å². The van der Waals surface area contributed by atoms with Gasteiger partial charge < -0.3 is 14.9 Å². The van der Waals surface area contributed by atoms with E-state index in [2.05, 4.69) is 45.2 Å². The van der Waals surface area contributed by atoms with Crippen molar-refractivity contribution in [1.82, 2.24) is 44.4 Å². The van der Waals surface area contributed by atoms with Gasteiger partial charge in [0.1, 0.15) is 11.8 Å². The van der Waals surface area contributed by atoms with Gasteiger partial charge in [0, 0.05) is 26.0 Å². The second-order valence-electron chi connectivity index (χ2n) is 5.74. The average Bonchev–Trinajstić information content (AvgIpc) is 3.34. The highest BCUT2D eigenvalue weighted by molar-refractivity contribution is 5.82. The van der Waals surface area contributed by atoms with Gasteiger partial charge in [-0.15, -0.1) is 0 Å². The van der Waals surface area contributed by atoms with Crippen LogP contribution in [0.3, 0.4) is 0 Å². The normalized spacial score (nSPS) is 10.6. The van der Waals surface area contributed by atoms with Gasteiger partial charge in [-0.05, 0) is 11.6 Å². The Morgan fingerprint density at radius 1 is 1.14 bits per heavy atom. The molecule has 28 heavy (non-hydrogen) atoms. The molecule has 0 amide bonds. The van der Waals surface area contributed by atoms with Crippen molar-refractivity contribution < 1.29 is 4.39 Å². The van der Waals surface area contributed by atoms with Crippen LogP contribution in [0.5, 0.6) is 0 Å². The summed E-state index contributed by atoms with van der Waals surface area (Å²) in [6, 6.07) is 3.76. The minimum atomic E-state index is -0.773. The second kappa shape index (κ2) is 7.70. The molecular weight excluding hydrogens is 363 g/mol. The first-order valence-electron chi connectivity index (χ1n) is 8.27. The highest BCUT2D eigenvalue weighted by Gasteiger charge is 2.11. The summed E-state index contributed by atoms with van der Waals surface area (Å²) in [4.78, 5) is 30.1. The standard InChI is InChI=1S/C12H11FN6.C5H4N4/c1-19-7-16-9-10(17-12(13)18-11(9)19)15-6-8-3-2-4-14-5-8;1-4-5(8-2-6-1)9-3-7-4/h2-5,7H,6H2,1H3,(H,15,17,18);1-3H,(H,6,7,8,9). The zero-order chi connectivity index (χ0) is 19.3. The number of nitrogens with one attached hydrogen (secondary N) is 2. The summed E-state index contributed by atoms with van der Waals surface area (Å²) in [6.45, 7) is 0.496. The molecule has 2 N–H and O–H groups in total. The zero-order valence-electron chi connectivity index (χ0n) is 14.8. The van der Waals surface area contributed by atoms with E-state index in [4.69, 9.17) is 0 Å². The maximum absolute atomic E-state index is 13.4. The summed E-state index contributed by atoms with van der Waals surface area (Å²) in [6.07, 6.45) is 8.99. The Morgan fingerprint density at radius 2 is 2.07 bits per heavy atom. The summed E-state index contributed by atoms with van der Waals surface area (Å²) >= 11 is 0. The van der Waals surface area contributed by atoms with Crippen LogP contribution in [0.2, 0.25) is 0 Å². The number of aryl methyl sites for hydroxylation is 1. The number of hydrogen-bond donors (Lipinski definition) is 2. The quantitative estimate of drug-likeness (QED) is 0.456. The molecule has 140 valence electrons. The van der Waals surface area contributed by atoms with Crippen LogP contribution >= 0.6 is 0 Å². The topological polar surface area (TPSA) is 123 Å². The molecule has 10 nitrogen and oxygen atoms in total. The summed E-state index contributed by atoms with van der Waals surface area (Å²) < 4.78 is 15.0. The van der Waals surface area contributed by atoms with Crippen LogP contribution in [0.4, 0.5) is 10.2 Å². The van der Waals surface area contributed by atoms with Gasteiger partial charge in [-0.3, -0.25) is 4.98 Å². The maximum atomic E-state index is 13.4. The third kappa shape index (κ3) is 3.72. The molecule has 0 unspecified atom stereocenters. The average molecular weight is 378 g/mol. The van der Waals surface area contributed by atoms with E-state index in [9.17, 15) is 4.39 Å². The van der Waals surface area contributed by atoms with Gasteiger partial charge in [-0.25, -0.2) is 19.9 Å². The largest absolute Gasteiger partial charge is 0.364 e. The number of rotatable bonds is 3. The van der Waals surface area contributed by atoms with Gasteiger partial charge in [0.2, 0.25) is 0 Å². The van der Waals surface area contributed by atoms with E-state index in [0.29, 0.717) is 23.5 Å². The van der Waals surface area contributed by atoms with Gasteiger partial charge in [0.25, 0.3) is 0 Å². The molecule has 0 aromatic carbocycles. The van der Waals surface area contributed by atoms with E-state index in [-0.39, 0.29) is 0 Å². The molecule has 0 saturated carbocycles. The highest BCUT2D eigenvalue weighted by Crippen LogP contribution is 2.18. The number of fused-ring (bicyclic) bond motifs is 2. The number of aromatic nitrogens is 9. The number of H-pyrrole nitrogens is 1. The SMILES string of the molecule is Cn1cnc2c(NCc3cccnc3)nc(F)nc21.c1ncc2nc[nH]c2n1. The van der Waals surface area contributed by atoms with E-state index in [0.717, 1.165) is 16.7 Å². The third-order valence-corrected chi connectivity index (χ3v) is 3.81. The summed E-state index contributed by atoms with van der Waals surface area (Å²) in [5.41, 5.74) is 3.57. The monoisotopic (exact) mass is 378 g/mol. The molecule has 0 saturated heterocycles. The Balaban J connectivity index is 0.000000177. The van der Waals surface area contributed by atoms with Crippen LogP contribution in [0.15, 0.2) is 49.7 Å². The molecule has 0 bridgehead atoms. The summed E-state index contributed by atoms with van der Waals surface area (Å²) in [5, 5.41) is 3.05. The molecule has 0 aliphatic heterocycles. The van der Waals surface area contributed by atoms with Crippen LogP contribution in [0.1, 0.15) is 5.56 Å². The number of aromatic amines is 1. The van der Waals surface area contributed by atoms with Gasteiger partial charge in [-0.1, -0.05) is 6.07 Å².